The van der Waals surface area contributed by atoms with E-state index in [1.54, 1.807) is 24.2 Å². The van der Waals surface area contributed by atoms with Crippen LogP contribution in [0, 0.1) is 13.8 Å². The van der Waals surface area contributed by atoms with Gasteiger partial charge in [0.2, 0.25) is 0 Å². The first-order valence-electron chi connectivity index (χ1n) is 5.03. The summed E-state index contributed by atoms with van der Waals surface area (Å²) in [7, 11) is 1.65. The summed E-state index contributed by atoms with van der Waals surface area (Å²) in [6.45, 7) is 3.87. The maximum Gasteiger partial charge on any atom is 0.159 e. The van der Waals surface area contributed by atoms with Gasteiger partial charge >= 0.3 is 0 Å². The monoisotopic (exact) mass is 218 g/mol. The molecular weight excluding hydrogens is 204 g/mol. The molecule has 0 saturated carbocycles. The number of aromatic nitrogens is 2. The Kier molecular flexibility index (Phi) is 2.81. The van der Waals surface area contributed by atoms with Gasteiger partial charge in [-0.15, -0.1) is 0 Å². The summed E-state index contributed by atoms with van der Waals surface area (Å²) in [6, 6.07) is 5.71. The van der Waals surface area contributed by atoms with Crippen molar-refractivity contribution in [3.8, 4) is 11.5 Å². The molecule has 0 aliphatic carbocycles. The van der Waals surface area contributed by atoms with E-state index in [1.807, 2.05) is 32.0 Å². The van der Waals surface area contributed by atoms with Crippen LogP contribution in [0.3, 0.4) is 0 Å². The molecule has 0 saturated heterocycles. The summed E-state index contributed by atoms with van der Waals surface area (Å²) in [5, 5.41) is 0. The van der Waals surface area contributed by atoms with Gasteiger partial charge in [-0.1, -0.05) is 6.07 Å². The van der Waals surface area contributed by atoms with Gasteiger partial charge in [0.05, 0.1) is 13.3 Å². The molecule has 2 rings (SSSR count). The van der Waals surface area contributed by atoms with E-state index in [9.17, 15) is 0 Å². The topological polar surface area (TPSA) is 36.3 Å². The molecule has 84 valence electrons. The first-order valence-corrected chi connectivity index (χ1v) is 5.03. The van der Waals surface area contributed by atoms with Gasteiger partial charge in [-0.25, -0.2) is 4.98 Å². The maximum absolute atomic E-state index is 5.62. The van der Waals surface area contributed by atoms with Crippen LogP contribution in [-0.2, 0) is 0 Å². The van der Waals surface area contributed by atoms with Gasteiger partial charge in [0.15, 0.2) is 5.75 Å². The van der Waals surface area contributed by atoms with Crippen LogP contribution >= 0.6 is 0 Å². The lowest BCUT2D eigenvalue weighted by Crippen LogP contribution is -2.05. The Labute approximate surface area is 94.4 Å². The zero-order valence-electron chi connectivity index (χ0n) is 9.60. The summed E-state index contributed by atoms with van der Waals surface area (Å²) in [5.41, 5.74) is 1.08. The molecule has 0 atom stereocenters. The molecule has 1 heterocycles. The molecule has 0 bridgehead atoms. The molecular formula is C12H14N2O2. The minimum atomic E-state index is 0.726. The quantitative estimate of drug-likeness (QED) is 0.793. The van der Waals surface area contributed by atoms with Gasteiger partial charge in [-0.2, -0.15) is 4.73 Å². The van der Waals surface area contributed by atoms with Gasteiger partial charge in [-0.05, 0) is 25.5 Å². The van der Waals surface area contributed by atoms with Crippen LogP contribution in [0.25, 0.3) is 0 Å². The zero-order valence-corrected chi connectivity index (χ0v) is 9.60. The molecule has 0 amide bonds. The van der Waals surface area contributed by atoms with Crippen molar-refractivity contribution in [1.82, 2.24) is 9.71 Å². The molecule has 0 aliphatic heterocycles. The molecule has 1 aromatic carbocycles. The van der Waals surface area contributed by atoms with E-state index in [-0.39, 0.29) is 0 Å². The molecule has 2 aromatic rings. The summed E-state index contributed by atoms with van der Waals surface area (Å²) >= 11 is 0. The van der Waals surface area contributed by atoms with Crippen LogP contribution in [0.15, 0.2) is 30.6 Å². The second kappa shape index (κ2) is 4.26. The van der Waals surface area contributed by atoms with Crippen molar-refractivity contribution in [3.05, 3.63) is 42.0 Å². The summed E-state index contributed by atoms with van der Waals surface area (Å²) < 4.78 is 6.85. The predicted octanol–water partition coefficient (Wildman–Crippen LogP) is 2.35. The second-order valence-corrected chi connectivity index (χ2v) is 3.52. The molecule has 4 nitrogen and oxygen atoms in total. The number of rotatable bonds is 3. The van der Waals surface area contributed by atoms with E-state index in [1.165, 1.54) is 0 Å². The molecule has 0 unspecified atom stereocenters. The van der Waals surface area contributed by atoms with E-state index in [2.05, 4.69) is 4.98 Å². The highest BCUT2D eigenvalue weighted by atomic mass is 16.7. The van der Waals surface area contributed by atoms with Crippen LogP contribution in [0.5, 0.6) is 11.5 Å². The Morgan fingerprint density at radius 3 is 2.69 bits per heavy atom. The van der Waals surface area contributed by atoms with Crippen molar-refractivity contribution in [2.24, 2.45) is 0 Å². The molecule has 16 heavy (non-hydrogen) atoms. The van der Waals surface area contributed by atoms with E-state index >= 15 is 0 Å². The average Bonchev–Trinajstić information content (AvgIpc) is 2.67. The second-order valence-electron chi connectivity index (χ2n) is 3.52. The fourth-order valence-corrected chi connectivity index (χ4v) is 1.43. The largest absolute Gasteiger partial charge is 0.496 e. The Hall–Kier alpha value is -1.97. The smallest absolute Gasteiger partial charge is 0.159 e. The third-order valence-electron chi connectivity index (χ3n) is 2.37. The number of nitrogens with zero attached hydrogens (tertiary/aromatic N) is 2. The van der Waals surface area contributed by atoms with Gasteiger partial charge in [0.25, 0.3) is 0 Å². The fourth-order valence-electron chi connectivity index (χ4n) is 1.43. The Bertz CT molecular complexity index is 492. The molecule has 1 aromatic heterocycles. The van der Waals surface area contributed by atoms with E-state index in [0.717, 1.165) is 22.9 Å². The van der Waals surface area contributed by atoms with E-state index in [0.29, 0.717) is 0 Å². The molecule has 4 heteroatoms. The summed E-state index contributed by atoms with van der Waals surface area (Å²) in [6.07, 6.45) is 3.46. The predicted molar refractivity (Wildman–Crippen MR) is 60.7 cm³/mol. The number of methoxy groups -OCH3 is 1. The van der Waals surface area contributed by atoms with E-state index in [4.69, 9.17) is 9.57 Å². The van der Waals surface area contributed by atoms with Crippen LogP contribution in [0.1, 0.15) is 11.4 Å². The molecule has 0 spiro atoms. The van der Waals surface area contributed by atoms with Crippen molar-refractivity contribution >= 4 is 0 Å². The van der Waals surface area contributed by atoms with Gasteiger partial charge < -0.3 is 9.57 Å². The highest BCUT2D eigenvalue weighted by molar-refractivity contribution is 5.39. The van der Waals surface area contributed by atoms with Crippen molar-refractivity contribution in [2.75, 3.05) is 7.11 Å². The van der Waals surface area contributed by atoms with Crippen LogP contribution < -0.4 is 9.57 Å². The third-order valence-corrected chi connectivity index (χ3v) is 2.37. The number of imidazole rings is 1. The molecule has 0 radical (unpaired) electrons. The Morgan fingerprint density at radius 2 is 2.06 bits per heavy atom. The lowest BCUT2D eigenvalue weighted by atomic mass is 10.2. The molecule has 0 fully saturated rings. The third kappa shape index (κ3) is 2.00. The first-order chi connectivity index (χ1) is 7.70. The normalized spacial score (nSPS) is 10.2. The number of hydrogen-bond donors (Lipinski definition) is 0. The van der Waals surface area contributed by atoms with Gasteiger partial charge in [0, 0.05) is 12.3 Å². The van der Waals surface area contributed by atoms with Crippen molar-refractivity contribution in [2.45, 2.75) is 13.8 Å². The Morgan fingerprint density at radius 1 is 1.25 bits per heavy atom. The number of hydrogen-bond acceptors (Lipinski definition) is 3. The average molecular weight is 218 g/mol. The number of aryl methyl sites for hydroxylation is 2. The van der Waals surface area contributed by atoms with Crippen LogP contribution in [-0.4, -0.2) is 16.8 Å². The SMILES string of the molecule is COc1cc(On2ccnc2C)ccc1C. The maximum atomic E-state index is 5.62. The number of benzene rings is 1. The van der Waals surface area contributed by atoms with Gasteiger partial charge in [-0.3, -0.25) is 0 Å². The van der Waals surface area contributed by atoms with E-state index < -0.39 is 0 Å². The standard InChI is InChI=1S/C12H14N2O2/c1-9-4-5-11(8-12(9)15-3)16-14-7-6-13-10(14)2/h4-8H,1-3H3. The highest BCUT2D eigenvalue weighted by Crippen LogP contribution is 2.24. The number of ether oxygens (including phenoxy) is 1. The van der Waals surface area contributed by atoms with Crippen molar-refractivity contribution < 1.29 is 9.57 Å². The zero-order chi connectivity index (χ0) is 11.5. The Balaban J connectivity index is 2.25. The summed E-state index contributed by atoms with van der Waals surface area (Å²) in [4.78, 5) is 9.70. The van der Waals surface area contributed by atoms with Crippen molar-refractivity contribution in [1.29, 1.82) is 0 Å². The minimum absolute atomic E-state index is 0.726. The fraction of sp³-hybridized carbons (Fsp3) is 0.250. The van der Waals surface area contributed by atoms with Crippen LogP contribution in [0.2, 0.25) is 0 Å². The van der Waals surface area contributed by atoms with Crippen molar-refractivity contribution in [3.63, 3.8) is 0 Å². The molecule has 0 N–H and O–H groups in total. The van der Waals surface area contributed by atoms with Crippen LogP contribution in [0.4, 0.5) is 0 Å². The lowest BCUT2D eigenvalue weighted by molar-refractivity contribution is 0.207. The lowest BCUT2D eigenvalue weighted by Gasteiger charge is -2.10. The van der Waals surface area contributed by atoms with Gasteiger partial charge in [0.1, 0.15) is 11.6 Å². The first kappa shape index (κ1) is 10.5. The molecule has 0 aliphatic rings. The highest BCUT2D eigenvalue weighted by Gasteiger charge is 2.03. The minimum Gasteiger partial charge on any atom is -0.496 e. The summed E-state index contributed by atoms with van der Waals surface area (Å²) in [5.74, 6) is 2.35.